The van der Waals surface area contributed by atoms with E-state index in [-0.39, 0.29) is 6.10 Å². The van der Waals surface area contributed by atoms with Gasteiger partial charge in [-0.3, -0.25) is 4.90 Å². The van der Waals surface area contributed by atoms with E-state index in [1.165, 1.54) is 11.1 Å². The molecule has 3 heteroatoms. The van der Waals surface area contributed by atoms with Crippen LogP contribution in [0.4, 0.5) is 5.69 Å². The Bertz CT molecular complexity index is 587. The molecule has 0 aromatic heterocycles. The number of rotatable bonds is 5. The van der Waals surface area contributed by atoms with E-state index in [1.807, 2.05) is 24.3 Å². The van der Waals surface area contributed by atoms with Crippen LogP contribution in [0.25, 0.3) is 0 Å². The molecule has 1 atom stereocenters. The van der Waals surface area contributed by atoms with Crippen LogP contribution in [-0.4, -0.2) is 24.1 Å². The zero-order valence-corrected chi connectivity index (χ0v) is 12.5. The molecule has 0 radical (unpaired) electrons. The number of nitrogens with two attached hydrogens (primary N) is 1. The van der Waals surface area contributed by atoms with Crippen molar-refractivity contribution in [1.29, 1.82) is 0 Å². The Morgan fingerprint density at radius 2 is 1.90 bits per heavy atom. The van der Waals surface area contributed by atoms with Crippen molar-refractivity contribution in [2.75, 3.05) is 18.8 Å². The Kier molecular flexibility index (Phi) is 4.11. The van der Waals surface area contributed by atoms with Crippen LogP contribution in [0.5, 0.6) is 5.75 Å². The summed E-state index contributed by atoms with van der Waals surface area (Å²) in [5.41, 5.74) is 9.42. The number of hydrogen-bond acceptors (Lipinski definition) is 3. The largest absolute Gasteiger partial charge is 0.488 e. The molecule has 1 aliphatic rings. The first-order valence-electron chi connectivity index (χ1n) is 7.56. The Hall–Kier alpha value is -2.00. The van der Waals surface area contributed by atoms with Gasteiger partial charge in [0.05, 0.1) is 0 Å². The maximum absolute atomic E-state index is 6.04. The predicted molar refractivity (Wildman–Crippen MR) is 86.4 cm³/mol. The molecular weight excluding hydrogens is 260 g/mol. The third-order valence-electron chi connectivity index (χ3n) is 4.07. The maximum Gasteiger partial charge on any atom is 0.123 e. The summed E-state index contributed by atoms with van der Waals surface area (Å²) in [6.07, 6.45) is 1.24. The summed E-state index contributed by atoms with van der Waals surface area (Å²) in [6.45, 7) is 4.98. The molecule has 0 fully saturated rings. The number of ether oxygens (including phenoxy) is 1. The molecule has 0 amide bonds. The first kappa shape index (κ1) is 14.0. The summed E-state index contributed by atoms with van der Waals surface area (Å²) in [7, 11) is 0. The van der Waals surface area contributed by atoms with Crippen molar-refractivity contribution < 1.29 is 4.74 Å². The summed E-state index contributed by atoms with van der Waals surface area (Å²) in [5, 5.41) is 0. The van der Waals surface area contributed by atoms with E-state index in [1.54, 1.807) is 0 Å². The lowest BCUT2D eigenvalue weighted by Gasteiger charge is -2.24. The second-order valence-corrected chi connectivity index (χ2v) is 5.58. The summed E-state index contributed by atoms with van der Waals surface area (Å²) in [4.78, 5) is 2.39. The topological polar surface area (TPSA) is 38.5 Å². The number of nitrogen functional groups attached to an aromatic ring is 1. The third-order valence-corrected chi connectivity index (χ3v) is 4.07. The van der Waals surface area contributed by atoms with Gasteiger partial charge in [-0.2, -0.15) is 0 Å². The SMILES string of the molecule is CCN(Cc1ccccc1N)CC1Cc2ccccc2O1. The van der Waals surface area contributed by atoms with Crippen LogP contribution in [0.2, 0.25) is 0 Å². The molecule has 2 N–H and O–H groups in total. The van der Waals surface area contributed by atoms with Crippen molar-refractivity contribution in [2.45, 2.75) is 26.0 Å². The molecule has 110 valence electrons. The minimum atomic E-state index is 0.243. The first-order valence-corrected chi connectivity index (χ1v) is 7.56. The number of para-hydroxylation sites is 2. The number of nitrogens with zero attached hydrogens (tertiary/aromatic N) is 1. The second-order valence-electron chi connectivity index (χ2n) is 5.58. The highest BCUT2D eigenvalue weighted by Crippen LogP contribution is 2.28. The van der Waals surface area contributed by atoms with Gasteiger partial charge in [0.1, 0.15) is 11.9 Å². The third kappa shape index (κ3) is 3.19. The quantitative estimate of drug-likeness (QED) is 0.856. The molecule has 0 aliphatic carbocycles. The fraction of sp³-hybridized carbons (Fsp3) is 0.333. The van der Waals surface area contributed by atoms with Gasteiger partial charge in [-0.05, 0) is 29.8 Å². The Labute approximate surface area is 126 Å². The van der Waals surface area contributed by atoms with Crippen molar-refractivity contribution in [3.05, 3.63) is 59.7 Å². The van der Waals surface area contributed by atoms with Crippen LogP contribution < -0.4 is 10.5 Å². The zero-order chi connectivity index (χ0) is 14.7. The van der Waals surface area contributed by atoms with Crippen LogP contribution in [0.1, 0.15) is 18.1 Å². The van der Waals surface area contributed by atoms with Gasteiger partial charge in [0.25, 0.3) is 0 Å². The number of likely N-dealkylation sites (N-methyl/N-ethyl adjacent to an activating group) is 1. The summed E-state index contributed by atoms with van der Waals surface area (Å²) >= 11 is 0. The van der Waals surface area contributed by atoms with Gasteiger partial charge >= 0.3 is 0 Å². The average molecular weight is 282 g/mol. The van der Waals surface area contributed by atoms with Crippen LogP contribution >= 0.6 is 0 Å². The number of hydrogen-bond donors (Lipinski definition) is 1. The van der Waals surface area contributed by atoms with Gasteiger partial charge in [0, 0.05) is 25.2 Å². The highest BCUT2D eigenvalue weighted by atomic mass is 16.5. The molecule has 1 heterocycles. The van der Waals surface area contributed by atoms with Gasteiger partial charge in [0.2, 0.25) is 0 Å². The van der Waals surface area contributed by atoms with Gasteiger partial charge in [0.15, 0.2) is 0 Å². The highest BCUT2D eigenvalue weighted by Gasteiger charge is 2.24. The van der Waals surface area contributed by atoms with E-state index in [2.05, 4.69) is 36.1 Å². The van der Waals surface area contributed by atoms with Crippen LogP contribution in [0.15, 0.2) is 48.5 Å². The molecule has 3 nitrogen and oxygen atoms in total. The molecule has 3 rings (SSSR count). The van der Waals surface area contributed by atoms with E-state index < -0.39 is 0 Å². The lowest BCUT2D eigenvalue weighted by atomic mass is 10.1. The van der Waals surface area contributed by atoms with Gasteiger partial charge < -0.3 is 10.5 Å². The Balaban J connectivity index is 1.63. The smallest absolute Gasteiger partial charge is 0.123 e. The lowest BCUT2D eigenvalue weighted by Crippen LogP contribution is -2.34. The Morgan fingerprint density at radius 1 is 1.14 bits per heavy atom. The molecule has 0 saturated carbocycles. The summed E-state index contributed by atoms with van der Waals surface area (Å²) in [5.74, 6) is 1.04. The minimum Gasteiger partial charge on any atom is -0.488 e. The predicted octanol–water partition coefficient (Wildman–Crippen LogP) is 3.09. The standard InChI is InChI=1S/C18H22N2O/c1-2-20(12-15-8-3-5-9-17(15)19)13-16-11-14-7-4-6-10-18(14)21-16/h3-10,16H,2,11-13,19H2,1H3. The number of fused-ring (bicyclic) bond motifs is 1. The molecule has 1 unspecified atom stereocenters. The molecule has 0 spiro atoms. The summed E-state index contributed by atoms with van der Waals surface area (Å²) < 4.78 is 6.03. The van der Waals surface area contributed by atoms with Crippen molar-refractivity contribution in [2.24, 2.45) is 0 Å². The van der Waals surface area contributed by atoms with Crippen molar-refractivity contribution in [3.8, 4) is 5.75 Å². The molecule has 2 aromatic carbocycles. The van der Waals surface area contributed by atoms with Crippen molar-refractivity contribution in [1.82, 2.24) is 4.90 Å². The van der Waals surface area contributed by atoms with E-state index >= 15 is 0 Å². The zero-order valence-electron chi connectivity index (χ0n) is 12.5. The lowest BCUT2D eigenvalue weighted by molar-refractivity contribution is 0.150. The summed E-state index contributed by atoms with van der Waals surface area (Å²) in [6, 6.07) is 16.4. The minimum absolute atomic E-state index is 0.243. The number of anilines is 1. The van der Waals surface area contributed by atoms with Crippen LogP contribution in [0, 0.1) is 0 Å². The first-order chi connectivity index (χ1) is 10.3. The van der Waals surface area contributed by atoms with Gasteiger partial charge in [-0.25, -0.2) is 0 Å². The second kappa shape index (κ2) is 6.19. The number of benzene rings is 2. The Morgan fingerprint density at radius 3 is 2.67 bits per heavy atom. The van der Waals surface area contributed by atoms with E-state index in [9.17, 15) is 0 Å². The molecule has 0 saturated heterocycles. The highest BCUT2D eigenvalue weighted by molar-refractivity contribution is 5.46. The van der Waals surface area contributed by atoms with E-state index in [0.717, 1.165) is 37.5 Å². The molecule has 2 aromatic rings. The van der Waals surface area contributed by atoms with Crippen LogP contribution in [0.3, 0.4) is 0 Å². The average Bonchev–Trinajstić information content (AvgIpc) is 2.91. The van der Waals surface area contributed by atoms with Gasteiger partial charge in [-0.15, -0.1) is 0 Å². The van der Waals surface area contributed by atoms with Crippen LogP contribution in [-0.2, 0) is 13.0 Å². The fourth-order valence-corrected chi connectivity index (χ4v) is 2.87. The molecule has 1 aliphatic heterocycles. The van der Waals surface area contributed by atoms with E-state index in [4.69, 9.17) is 10.5 Å². The molecule has 0 bridgehead atoms. The normalized spacial score (nSPS) is 16.8. The monoisotopic (exact) mass is 282 g/mol. The molecule has 21 heavy (non-hydrogen) atoms. The van der Waals surface area contributed by atoms with Crippen molar-refractivity contribution in [3.63, 3.8) is 0 Å². The van der Waals surface area contributed by atoms with E-state index in [0.29, 0.717) is 0 Å². The van der Waals surface area contributed by atoms with Crippen molar-refractivity contribution >= 4 is 5.69 Å². The maximum atomic E-state index is 6.04. The fourth-order valence-electron chi connectivity index (χ4n) is 2.87. The molecular formula is C18H22N2O. The van der Waals surface area contributed by atoms with Gasteiger partial charge in [-0.1, -0.05) is 43.3 Å².